The zero-order valence-electron chi connectivity index (χ0n) is 8.01. The van der Waals surface area contributed by atoms with Crippen molar-refractivity contribution < 1.29 is 0 Å². The van der Waals surface area contributed by atoms with Gasteiger partial charge in [-0.25, -0.2) is 0 Å². The van der Waals surface area contributed by atoms with Crippen LogP contribution in [-0.4, -0.2) is 9.97 Å². The molecule has 0 radical (unpaired) electrons. The van der Waals surface area contributed by atoms with Crippen LogP contribution < -0.4 is 11.1 Å². The molecule has 74 valence electrons. The fourth-order valence-corrected chi connectivity index (χ4v) is 1.29. The lowest BCUT2D eigenvalue weighted by molar-refractivity contribution is 1.26. The quantitative estimate of drug-likeness (QED) is 0.723. The Labute approximate surface area is 87.0 Å². The second kappa shape index (κ2) is 3.88. The minimum absolute atomic E-state index is 0.278. The van der Waals surface area contributed by atoms with E-state index < -0.39 is 0 Å². The van der Waals surface area contributed by atoms with Crippen LogP contribution in [0.15, 0.2) is 43.0 Å². The van der Waals surface area contributed by atoms with Crippen molar-refractivity contribution in [2.24, 2.45) is 0 Å². The number of nitrogens with one attached hydrogen (secondary N) is 1. The van der Waals surface area contributed by atoms with E-state index >= 15 is 0 Å². The normalized spacial score (nSPS) is 9.87. The van der Waals surface area contributed by atoms with Crippen molar-refractivity contribution in [3.8, 4) is 11.1 Å². The molecule has 15 heavy (non-hydrogen) atoms. The lowest BCUT2D eigenvalue weighted by atomic mass is 10.1. The first-order valence-electron chi connectivity index (χ1n) is 4.48. The number of rotatable bonds is 1. The number of nitrogen functional groups attached to an aromatic ring is 1. The van der Waals surface area contributed by atoms with Crippen LogP contribution in [0.2, 0.25) is 0 Å². The number of pyridine rings is 1. The molecule has 0 aliphatic heterocycles. The van der Waals surface area contributed by atoms with Gasteiger partial charge in [-0.3, -0.25) is 15.4 Å². The molecule has 0 atom stereocenters. The Morgan fingerprint density at radius 2 is 1.87 bits per heavy atom. The standard InChI is InChI=1S/C11H10N4/c12-10-3-5-15-7-9(11(10)13)8-2-1-4-14-6-8/h1-7H,(H3,12,13). The Kier molecular flexibility index (Phi) is 2.41. The van der Waals surface area contributed by atoms with Crippen molar-refractivity contribution in [3.05, 3.63) is 48.3 Å². The minimum Gasteiger partial charge on any atom is -0.397 e. The van der Waals surface area contributed by atoms with E-state index in [1.807, 2.05) is 12.1 Å². The molecular weight excluding hydrogens is 188 g/mol. The number of hydrogen-bond acceptors (Lipinski definition) is 4. The van der Waals surface area contributed by atoms with Crippen LogP contribution in [0.3, 0.4) is 0 Å². The van der Waals surface area contributed by atoms with Crippen molar-refractivity contribution in [1.29, 1.82) is 5.41 Å². The summed E-state index contributed by atoms with van der Waals surface area (Å²) in [5.74, 6) is 0. The first kappa shape index (κ1) is 9.33. The van der Waals surface area contributed by atoms with Gasteiger partial charge in [-0.05, 0) is 12.1 Å². The van der Waals surface area contributed by atoms with Crippen LogP contribution in [0.1, 0.15) is 0 Å². The Morgan fingerprint density at radius 3 is 2.60 bits per heavy atom. The third kappa shape index (κ3) is 1.83. The summed E-state index contributed by atoms with van der Waals surface area (Å²) in [7, 11) is 0. The van der Waals surface area contributed by atoms with Gasteiger partial charge >= 0.3 is 0 Å². The maximum atomic E-state index is 7.86. The SMILES string of the molecule is N=c1c(N)ccncc1-c1cccnc1. The molecule has 2 aromatic rings. The van der Waals surface area contributed by atoms with Crippen molar-refractivity contribution in [2.45, 2.75) is 0 Å². The molecule has 0 saturated heterocycles. The van der Waals surface area contributed by atoms with E-state index in [2.05, 4.69) is 9.97 Å². The third-order valence-corrected chi connectivity index (χ3v) is 2.07. The zero-order valence-corrected chi connectivity index (χ0v) is 8.01. The number of nitrogens with two attached hydrogens (primary N) is 1. The van der Waals surface area contributed by atoms with Crippen LogP contribution in [0.25, 0.3) is 11.1 Å². The number of hydrogen-bond donors (Lipinski definition) is 2. The predicted molar refractivity (Wildman–Crippen MR) is 57.7 cm³/mol. The van der Waals surface area contributed by atoms with Crippen molar-refractivity contribution in [3.63, 3.8) is 0 Å². The summed E-state index contributed by atoms with van der Waals surface area (Å²) < 4.78 is 0. The molecule has 0 saturated carbocycles. The molecule has 2 rings (SSSR count). The Hall–Kier alpha value is -2.23. The Bertz CT molecular complexity index is 522. The summed E-state index contributed by atoms with van der Waals surface area (Å²) in [6.07, 6.45) is 6.57. The van der Waals surface area contributed by atoms with Crippen LogP contribution in [-0.2, 0) is 0 Å². The fourth-order valence-electron chi connectivity index (χ4n) is 1.29. The van der Waals surface area contributed by atoms with E-state index in [0.717, 1.165) is 5.56 Å². The largest absolute Gasteiger partial charge is 0.397 e. The first-order chi connectivity index (χ1) is 7.29. The molecule has 0 unspecified atom stereocenters. The van der Waals surface area contributed by atoms with Gasteiger partial charge in [0.25, 0.3) is 0 Å². The second-order valence-electron chi connectivity index (χ2n) is 3.08. The topological polar surface area (TPSA) is 75.7 Å². The van der Waals surface area contributed by atoms with E-state index in [4.69, 9.17) is 11.1 Å². The van der Waals surface area contributed by atoms with Gasteiger partial charge in [0.2, 0.25) is 0 Å². The molecule has 0 fully saturated rings. The summed E-state index contributed by atoms with van der Waals surface area (Å²) in [5.41, 5.74) is 7.63. The number of anilines is 1. The average molecular weight is 198 g/mol. The highest BCUT2D eigenvalue weighted by Crippen LogP contribution is 2.12. The molecule has 4 heteroatoms. The van der Waals surface area contributed by atoms with Gasteiger partial charge in [0, 0.05) is 35.9 Å². The highest BCUT2D eigenvalue weighted by atomic mass is 14.7. The van der Waals surface area contributed by atoms with Gasteiger partial charge in [-0.2, -0.15) is 0 Å². The molecule has 0 amide bonds. The summed E-state index contributed by atoms with van der Waals surface area (Å²) in [6, 6.07) is 5.31. The molecular formula is C11H10N4. The third-order valence-electron chi connectivity index (χ3n) is 2.07. The van der Waals surface area contributed by atoms with E-state index in [1.165, 1.54) is 0 Å². The van der Waals surface area contributed by atoms with Gasteiger partial charge in [-0.1, -0.05) is 6.07 Å². The van der Waals surface area contributed by atoms with Gasteiger partial charge in [0.1, 0.15) is 0 Å². The Balaban J connectivity index is 2.71. The number of nitrogens with zero attached hydrogens (tertiary/aromatic N) is 2. The monoisotopic (exact) mass is 198 g/mol. The molecule has 0 aliphatic rings. The molecule has 0 spiro atoms. The van der Waals surface area contributed by atoms with Gasteiger partial charge < -0.3 is 5.73 Å². The van der Waals surface area contributed by atoms with Gasteiger partial charge in [-0.15, -0.1) is 0 Å². The molecule has 2 aromatic heterocycles. The predicted octanol–water partition coefficient (Wildman–Crippen LogP) is 1.21. The van der Waals surface area contributed by atoms with Gasteiger partial charge in [0.05, 0.1) is 11.0 Å². The molecule has 3 N–H and O–H groups in total. The average Bonchev–Trinajstić information content (AvgIpc) is 2.44. The summed E-state index contributed by atoms with van der Waals surface area (Å²) in [4.78, 5) is 8.02. The summed E-state index contributed by atoms with van der Waals surface area (Å²) in [6.45, 7) is 0. The van der Waals surface area contributed by atoms with Crippen molar-refractivity contribution in [1.82, 2.24) is 9.97 Å². The lowest BCUT2D eigenvalue weighted by Crippen LogP contribution is -2.07. The number of aromatic nitrogens is 2. The van der Waals surface area contributed by atoms with E-state index in [1.54, 1.807) is 30.9 Å². The molecule has 0 aliphatic carbocycles. The maximum absolute atomic E-state index is 7.86. The van der Waals surface area contributed by atoms with Crippen LogP contribution in [0.5, 0.6) is 0 Å². The highest BCUT2D eigenvalue weighted by molar-refractivity contribution is 5.63. The summed E-state index contributed by atoms with van der Waals surface area (Å²) in [5, 5.41) is 8.14. The van der Waals surface area contributed by atoms with Crippen LogP contribution >= 0.6 is 0 Å². The second-order valence-corrected chi connectivity index (χ2v) is 3.08. The summed E-state index contributed by atoms with van der Waals surface area (Å²) >= 11 is 0. The van der Waals surface area contributed by atoms with E-state index in [-0.39, 0.29) is 5.36 Å². The smallest absolute Gasteiger partial charge is 0.0864 e. The van der Waals surface area contributed by atoms with Crippen molar-refractivity contribution >= 4 is 5.69 Å². The van der Waals surface area contributed by atoms with Crippen LogP contribution in [0, 0.1) is 5.41 Å². The highest BCUT2D eigenvalue weighted by Gasteiger charge is 2.00. The van der Waals surface area contributed by atoms with E-state index in [0.29, 0.717) is 11.3 Å². The molecule has 2 heterocycles. The lowest BCUT2D eigenvalue weighted by Gasteiger charge is -1.97. The first-order valence-corrected chi connectivity index (χ1v) is 4.48. The zero-order chi connectivity index (χ0) is 10.7. The minimum atomic E-state index is 0.278. The molecule has 0 aromatic carbocycles. The maximum Gasteiger partial charge on any atom is 0.0864 e. The van der Waals surface area contributed by atoms with E-state index in [9.17, 15) is 0 Å². The molecule has 4 nitrogen and oxygen atoms in total. The molecule has 0 bridgehead atoms. The van der Waals surface area contributed by atoms with Crippen molar-refractivity contribution in [2.75, 3.05) is 5.73 Å². The van der Waals surface area contributed by atoms with Gasteiger partial charge in [0.15, 0.2) is 0 Å². The van der Waals surface area contributed by atoms with Crippen LogP contribution in [0.4, 0.5) is 5.69 Å². The fraction of sp³-hybridized carbons (Fsp3) is 0. The Morgan fingerprint density at radius 1 is 1.07 bits per heavy atom.